The number of benzene rings is 1. The Morgan fingerprint density at radius 2 is 2.33 bits per heavy atom. The third-order valence-corrected chi connectivity index (χ3v) is 2.19. The summed E-state index contributed by atoms with van der Waals surface area (Å²) in [5.74, 6) is 2.23. The molecule has 0 radical (unpaired) electrons. The molecular weight excluding hydrogens is 188 g/mol. The molecule has 3 nitrogen and oxygen atoms in total. The van der Waals surface area contributed by atoms with Crippen LogP contribution in [0.5, 0.6) is 0 Å². The molecule has 74 valence electrons. The van der Waals surface area contributed by atoms with Crippen LogP contribution in [0.25, 0.3) is 10.9 Å². The molecular formula is C12H10N2O. The summed E-state index contributed by atoms with van der Waals surface area (Å²) in [5, 5.41) is 3.55. The molecule has 0 bridgehead atoms. The van der Waals surface area contributed by atoms with E-state index in [1.54, 1.807) is 6.07 Å². The lowest BCUT2D eigenvalue weighted by Gasteiger charge is -2.02. The number of hydrogen-bond donors (Lipinski definition) is 2. The van der Waals surface area contributed by atoms with Gasteiger partial charge in [0.2, 0.25) is 0 Å². The molecule has 0 aliphatic heterocycles. The summed E-state index contributed by atoms with van der Waals surface area (Å²) in [5.41, 5.74) is 1.59. The molecule has 0 unspecified atom stereocenters. The number of aromatic nitrogens is 1. The second kappa shape index (κ2) is 3.89. The van der Waals surface area contributed by atoms with Crippen LogP contribution in [-0.2, 0) is 0 Å². The fraction of sp³-hybridized carbons (Fsp3) is 0.0833. The normalized spacial score (nSPS) is 9.80. The van der Waals surface area contributed by atoms with Gasteiger partial charge in [-0.05, 0) is 18.2 Å². The Balaban J connectivity index is 2.39. The highest BCUT2D eigenvalue weighted by Gasteiger charge is 2.08. The summed E-state index contributed by atoms with van der Waals surface area (Å²) in [4.78, 5) is 14.7. The fourth-order valence-corrected chi connectivity index (χ4v) is 1.51. The van der Waals surface area contributed by atoms with Crippen LogP contribution in [-0.4, -0.2) is 17.4 Å². The summed E-state index contributed by atoms with van der Waals surface area (Å²) in [6.07, 6.45) is 6.88. The van der Waals surface area contributed by atoms with Crippen LogP contribution in [0.15, 0.2) is 30.5 Å². The van der Waals surface area contributed by atoms with Crippen molar-refractivity contribution in [3.8, 4) is 12.3 Å². The zero-order valence-corrected chi connectivity index (χ0v) is 8.08. The average molecular weight is 198 g/mol. The molecule has 0 spiro atoms. The summed E-state index contributed by atoms with van der Waals surface area (Å²) in [6.45, 7) is 0.250. The molecule has 1 heterocycles. The fourth-order valence-electron chi connectivity index (χ4n) is 1.51. The monoisotopic (exact) mass is 198 g/mol. The molecule has 2 N–H and O–H groups in total. The zero-order valence-electron chi connectivity index (χ0n) is 8.08. The molecule has 0 aliphatic carbocycles. The Bertz CT molecular complexity index is 534. The highest BCUT2D eigenvalue weighted by Crippen LogP contribution is 2.16. The number of carbonyl (C=O) groups is 1. The molecule has 2 aromatic rings. The molecule has 0 fully saturated rings. The lowest BCUT2D eigenvalue weighted by atomic mass is 10.1. The van der Waals surface area contributed by atoms with E-state index in [1.807, 2.05) is 24.4 Å². The maximum Gasteiger partial charge on any atom is 0.252 e. The quantitative estimate of drug-likeness (QED) is 0.706. The molecule has 15 heavy (non-hydrogen) atoms. The van der Waals surface area contributed by atoms with E-state index in [0.29, 0.717) is 5.56 Å². The molecule has 0 saturated carbocycles. The number of aromatic amines is 1. The summed E-state index contributed by atoms with van der Waals surface area (Å²) < 4.78 is 0. The maximum absolute atomic E-state index is 11.7. The van der Waals surface area contributed by atoms with Crippen molar-refractivity contribution in [2.75, 3.05) is 6.54 Å². The van der Waals surface area contributed by atoms with E-state index in [2.05, 4.69) is 16.2 Å². The zero-order chi connectivity index (χ0) is 10.7. The van der Waals surface area contributed by atoms with E-state index in [-0.39, 0.29) is 12.5 Å². The van der Waals surface area contributed by atoms with Crippen molar-refractivity contribution in [1.29, 1.82) is 0 Å². The summed E-state index contributed by atoms with van der Waals surface area (Å²) >= 11 is 0. The van der Waals surface area contributed by atoms with Crippen molar-refractivity contribution in [3.05, 3.63) is 36.0 Å². The van der Waals surface area contributed by atoms with E-state index in [0.717, 1.165) is 10.9 Å². The van der Waals surface area contributed by atoms with E-state index < -0.39 is 0 Å². The minimum atomic E-state index is -0.141. The third kappa shape index (κ3) is 1.70. The Kier molecular flexibility index (Phi) is 2.42. The van der Waals surface area contributed by atoms with Crippen LogP contribution in [0.4, 0.5) is 0 Å². The lowest BCUT2D eigenvalue weighted by Crippen LogP contribution is -2.23. The molecule has 3 heteroatoms. The van der Waals surface area contributed by atoms with Gasteiger partial charge in [-0.25, -0.2) is 0 Å². The number of rotatable bonds is 2. The number of amides is 1. The number of terminal acetylenes is 1. The van der Waals surface area contributed by atoms with Crippen LogP contribution in [0.2, 0.25) is 0 Å². The van der Waals surface area contributed by atoms with Crippen molar-refractivity contribution in [2.45, 2.75) is 0 Å². The Hall–Kier alpha value is -2.21. The largest absolute Gasteiger partial charge is 0.361 e. The SMILES string of the molecule is C#CCNC(=O)c1cccc2[nH]ccc12. The summed E-state index contributed by atoms with van der Waals surface area (Å²) in [6, 6.07) is 7.42. The van der Waals surface area contributed by atoms with Crippen molar-refractivity contribution in [1.82, 2.24) is 10.3 Å². The van der Waals surface area contributed by atoms with Gasteiger partial charge >= 0.3 is 0 Å². The first kappa shape index (κ1) is 9.35. The van der Waals surface area contributed by atoms with Gasteiger partial charge in [0.15, 0.2) is 0 Å². The van der Waals surface area contributed by atoms with Crippen molar-refractivity contribution >= 4 is 16.8 Å². The smallest absolute Gasteiger partial charge is 0.252 e. The minimum Gasteiger partial charge on any atom is -0.361 e. The van der Waals surface area contributed by atoms with Crippen LogP contribution in [0.3, 0.4) is 0 Å². The maximum atomic E-state index is 11.7. The molecule has 2 rings (SSSR count). The predicted octanol–water partition coefficient (Wildman–Crippen LogP) is 1.53. The number of H-pyrrole nitrogens is 1. The molecule has 1 aromatic carbocycles. The molecule has 0 atom stereocenters. The van der Waals surface area contributed by atoms with Crippen LogP contribution >= 0.6 is 0 Å². The number of fused-ring (bicyclic) bond motifs is 1. The van der Waals surface area contributed by atoms with Crippen molar-refractivity contribution in [3.63, 3.8) is 0 Å². The number of nitrogens with one attached hydrogen (secondary N) is 2. The van der Waals surface area contributed by atoms with Crippen LogP contribution in [0.1, 0.15) is 10.4 Å². The second-order valence-electron chi connectivity index (χ2n) is 3.13. The Morgan fingerprint density at radius 1 is 1.47 bits per heavy atom. The Labute approximate surface area is 87.5 Å². The lowest BCUT2D eigenvalue weighted by molar-refractivity contribution is 0.0960. The van der Waals surface area contributed by atoms with Gasteiger partial charge < -0.3 is 10.3 Å². The first-order valence-corrected chi connectivity index (χ1v) is 4.60. The minimum absolute atomic E-state index is 0.141. The van der Waals surface area contributed by atoms with E-state index in [1.165, 1.54) is 0 Å². The van der Waals surface area contributed by atoms with Crippen LogP contribution < -0.4 is 5.32 Å². The van der Waals surface area contributed by atoms with Crippen molar-refractivity contribution < 1.29 is 4.79 Å². The summed E-state index contributed by atoms with van der Waals surface area (Å²) in [7, 11) is 0. The van der Waals surface area contributed by atoms with Gasteiger partial charge in [0, 0.05) is 22.7 Å². The third-order valence-electron chi connectivity index (χ3n) is 2.19. The number of hydrogen-bond acceptors (Lipinski definition) is 1. The van der Waals surface area contributed by atoms with Gasteiger partial charge in [0.1, 0.15) is 0 Å². The van der Waals surface area contributed by atoms with Gasteiger partial charge in [-0.2, -0.15) is 0 Å². The van der Waals surface area contributed by atoms with Crippen molar-refractivity contribution in [2.24, 2.45) is 0 Å². The average Bonchev–Trinajstić information content (AvgIpc) is 2.73. The highest BCUT2D eigenvalue weighted by atomic mass is 16.1. The molecule has 1 aromatic heterocycles. The van der Waals surface area contributed by atoms with Crippen LogP contribution in [0, 0.1) is 12.3 Å². The highest BCUT2D eigenvalue weighted by molar-refractivity contribution is 6.06. The molecule has 0 aliphatic rings. The predicted molar refractivity (Wildman–Crippen MR) is 59.5 cm³/mol. The molecule has 0 saturated heterocycles. The molecule has 1 amide bonds. The first-order valence-electron chi connectivity index (χ1n) is 4.60. The van der Waals surface area contributed by atoms with E-state index in [4.69, 9.17) is 6.42 Å². The van der Waals surface area contributed by atoms with Gasteiger partial charge in [-0.1, -0.05) is 12.0 Å². The number of carbonyl (C=O) groups excluding carboxylic acids is 1. The first-order chi connectivity index (χ1) is 7.33. The topological polar surface area (TPSA) is 44.9 Å². The van der Waals surface area contributed by atoms with Gasteiger partial charge in [-0.3, -0.25) is 4.79 Å². The Morgan fingerprint density at radius 3 is 3.13 bits per heavy atom. The second-order valence-corrected chi connectivity index (χ2v) is 3.13. The van der Waals surface area contributed by atoms with E-state index >= 15 is 0 Å². The standard InChI is InChI=1S/C12H10N2O/c1-2-7-14-12(15)10-4-3-5-11-9(10)6-8-13-11/h1,3-6,8,13H,7H2,(H,14,15). The van der Waals surface area contributed by atoms with Gasteiger partial charge in [0.05, 0.1) is 6.54 Å². The van der Waals surface area contributed by atoms with E-state index in [9.17, 15) is 4.79 Å². The van der Waals surface area contributed by atoms with Gasteiger partial charge in [0.25, 0.3) is 5.91 Å². The van der Waals surface area contributed by atoms with Gasteiger partial charge in [-0.15, -0.1) is 6.42 Å².